The van der Waals surface area contributed by atoms with Gasteiger partial charge in [0.15, 0.2) is 0 Å². The number of carbonyl (C=O) groups is 1. The topological polar surface area (TPSA) is 55.1 Å². The number of rotatable bonds is 3. The van der Waals surface area contributed by atoms with Gasteiger partial charge in [-0.2, -0.15) is 0 Å². The monoisotopic (exact) mass is 258 g/mol. The van der Waals surface area contributed by atoms with Crippen molar-refractivity contribution in [2.75, 3.05) is 6.54 Å². The van der Waals surface area contributed by atoms with Crippen LogP contribution in [0, 0.1) is 0 Å². The standard InChI is InChI=1S/C4H8Br2N2O/c5-3(6)1-2-8-4(7)9/h3H,1-2H2,(H3,7,8,9). The third-order valence-electron chi connectivity index (χ3n) is 0.662. The van der Waals surface area contributed by atoms with Gasteiger partial charge in [0, 0.05) is 6.54 Å². The van der Waals surface area contributed by atoms with Gasteiger partial charge in [-0.05, 0) is 6.42 Å². The van der Waals surface area contributed by atoms with E-state index in [2.05, 4.69) is 37.2 Å². The van der Waals surface area contributed by atoms with E-state index in [9.17, 15) is 4.79 Å². The Morgan fingerprint density at radius 1 is 1.67 bits per heavy atom. The minimum Gasteiger partial charge on any atom is -0.352 e. The summed E-state index contributed by atoms with van der Waals surface area (Å²) in [5.74, 6) is 0. The van der Waals surface area contributed by atoms with E-state index in [0.29, 0.717) is 6.54 Å². The second kappa shape index (κ2) is 5.05. The Bertz CT molecular complexity index is 96.6. The number of hydrogen-bond acceptors (Lipinski definition) is 1. The van der Waals surface area contributed by atoms with Crippen LogP contribution in [0.3, 0.4) is 0 Å². The SMILES string of the molecule is NC(=O)NCCC(Br)Br. The zero-order valence-electron chi connectivity index (χ0n) is 4.73. The van der Waals surface area contributed by atoms with Crippen molar-refractivity contribution < 1.29 is 4.79 Å². The van der Waals surface area contributed by atoms with Crippen LogP contribution in [0.2, 0.25) is 0 Å². The van der Waals surface area contributed by atoms with Crippen LogP contribution in [-0.4, -0.2) is 16.3 Å². The molecule has 5 heteroatoms. The van der Waals surface area contributed by atoms with E-state index in [4.69, 9.17) is 5.73 Å². The fraction of sp³-hybridized carbons (Fsp3) is 0.750. The maximum absolute atomic E-state index is 10.1. The molecule has 0 aromatic rings. The lowest BCUT2D eigenvalue weighted by molar-refractivity contribution is 0.249. The van der Waals surface area contributed by atoms with Crippen molar-refractivity contribution in [2.45, 2.75) is 10.2 Å². The summed E-state index contributed by atoms with van der Waals surface area (Å²) in [5.41, 5.74) is 4.80. The molecule has 0 aliphatic rings. The molecule has 0 radical (unpaired) electrons. The van der Waals surface area contributed by atoms with Gasteiger partial charge in [-0.25, -0.2) is 4.79 Å². The number of nitrogens with two attached hydrogens (primary N) is 1. The second-order valence-electron chi connectivity index (χ2n) is 1.47. The lowest BCUT2D eigenvalue weighted by Crippen LogP contribution is -2.30. The molecule has 0 unspecified atom stereocenters. The summed E-state index contributed by atoms with van der Waals surface area (Å²) in [6, 6.07) is -0.476. The van der Waals surface area contributed by atoms with Gasteiger partial charge in [-0.1, -0.05) is 31.9 Å². The highest BCUT2D eigenvalue weighted by Crippen LogP contribution is 2.10. The van der Waals surface area contributed by atoms with Crippen LogP contribution in [0.4, 0.5) is 4.79 Å². The summed E-state index contributed by atoms with van der Waals surface area (Å²) >= 11 is 6.50. The molecule has 0 saturated heterocycles. The molecule has 3 nitrogen and oxygen atoms in total. The quantitative estimate of drug-likeness (QED) is 0.735. The maximum Gasteiger partial charge on any atom is 0.312 e. The van der Waals surface area contributed by atoms with E-state index in [1.54, 1.807) is 0 Å². The molecule has 0 saturated carbocycles. The number of urea groups is 1. The van der Waals surface area contributed by atoms with Crippen LogP contribution < -0.4 is 11.1 Å². The Labute approximate surface area is 70.6 Å². The fourth-order valence-corrected chi connectivity index (χ4v) is 0.762. The highest BCUT2D eigenvalue weighted by molar-refractivity contribution is 9.24. The normalized spacial score (nSPS) is 9.67. The fourth-order valence-electron chi connectivity index (χ4n) is 0.304. The van der Waals surface area contributed by atoms with Crippen molar-refractivity contribution in [3.63, 3.8) is 0 Å². The van der Waals surface area contributed by atoms with Gasteiger partial charge in [-0.3, -0.25) is 0 Å². The van der Waals surface area contributed by atoms with Crippen LogP contribution in [-0.2, 0) is 0 Å². The molecule has 0 atom stereocenters. The van der Waals surface area contributed by atoms with Gasteiger partial charge in [-0.15, -0.1) is 0 Å². The average molecular weight is 260 g/mol. The van der Waals surface area contributed by atoms with Gasteiger partial charge in [0.05, 0.1) is 3.74 Å². The number of primary amides is 1. The highest BCUT2D eigenvalue weighted by atomic mass is 79.9. The maximum atomic E-state index is 10.1. The van der Waals surface area contributed by atoms with Gasteiger partial charge in [0.2, 0.25) is 0 Å². The first kappa shape index (κ1) is 9.23. The molecular formula is C4H8Br2N2O. The van der Waals surface area contributed by atoms with Crippen molar-refractivity contribution in [3.8, 4) is 0 Å². The van der Waals surface area contributed by atoms with Crippen LogP contribution >= 0.6 is 31.9 Å². The molecule has 0 fully saturated rings. The van der Waals surface area contributed by atoms with E-state index >= 15 is 0 Å². The third kappa shape index (κ3) is 8.23. The summed E-state index contributed by atoms with van der Waals surface area (Å²) in [6.07, 6.45) is 0.822. The molecule has 54 valence electrons. The third-order valence-corrected chi connectivity index (χ3v) is 1.58. The lowest BCUT2D eigenvalue weighted by atomic mass is 10.5. The van der Waals surface area contributed by atoms with Gasteiger partial charge < -0.3 is 11.1 Å². The summed E-state index contributed by atoms with van der Waals surface area (Å²) in [5, 5.41) is 2.46. The van der Waals surface area contributed by atoms with Gasteiger partial charge in [0.25, 0.3) is 0 Å². The first-order valence-electron chi connectivity index (χ1n) is 2.44. The first-order chi connectivity index (χ1) is 4.13. The molecule has 9 heavy (non-hydrogen) atoms. The van der Waals surface area contributed by atoms with Crippen molar-refractivity contribution in [3.05, 3.63) is 0 Å². The number of carbonyl (C=O) groups excluding carboxylic acids is 1. The molecule has 0 aromatic carbocycles. The first-order valence-corrected chi connectivity index (χ1v) is 4.27. The van der Waals surface area contributed by atoms with E-state index in [-0.39, 0.29) is 3.74 Å². The van der Waals surface area contributed by atoms with Crippen molar-refractivity contribution in [1.82, 2.24) is 5.32 Å². The Balaban J connectivity index is 3.01. The van der Waals surface area contributed by atoms with E-state index in [1.807, 2.05) is 0 Å². The summed E-state index contributed by atoms with van der Waals surface area (Å²) in [4.78, 5) is 10.1. The molecule has 0 aliphatic carbocycles. The molecule has 0 rings (SSSR count). The second-order valence-corrected chi connectivity index (χ2v) is 4.91. The predicted molar refractivity (Wildman–Crippen MR) is 43.8 cm³/mol. The lowest BCUT2D eigenvalue weighted by Gasteiger charge is -2.00. The predicted octanol–water partition coefficient (Wildman–Crippen LogP) is 1.16. The number of nitrogens with one attached hydrogen (secondary N) is 1. The van der Waals surface area contributed by atoms with Crippen LogP contribution in [0.25, 0.3) is 0 Å². The molecule has 0 heterocycles. The number of hydrogen-bond donors (Lipinski definition) is 2. The zero-order valence-corrected chi connectivity index (χ0v) is 7.91. The Hall–Kier alpha value is 0.230. The molecule has 0 aromatic heterocycles. The Morgan fingerprint density at radius 3 is 2.56 bits per heavy atom. The number of amides is 2. The molecule has 0 spiro atoms. The van der Waals surface area contributed by atoms with Crippen LogP contribution in [0.15, 0.2) is 0 Å². The van der Waals surface area contributed by atoms with Crippen molar-refractivity contribution >= 4 is 37.9 Å². The minimum absolute atomic E-state index is 0.247. The zero-order chi connectivity index (χ0) is 7.28. The number of alkyl halides is 2. The van der Waals surface area contributed by atoms with Crippen LogP contribution in [0.1, 0.15) is 6.42 Å². The van der Waals surface area contributed by atoms with Gasteiger partial charge in [0.1, 0.15) is 0 Å². The van der Waals surface area contributed by atoms with E-state index in [1.165, 1.54) is 0 Å². The largest absolute Gasteiger partial charge is 0.352 e. The number of halogens is 2. The van der Waals surface area contributed by atoms with Crippen LogP contribution in [0.5, 0.6) is 0 Å². The van der Waals surface area contributed by atoms with Crippen molar-refractivity contribution in [2.24, 2.45) is 5.73 Å². The molecule has 3 N–H and O–H groups in total. The smallest absolute Gasteiger partial charge is 0.312 e. The van der Waals surface area contributed by atoms with E-state index in [0.717, 1.165) is 6.42 Å². The van der Waals surface area contributed by atoms with Crippen molar-refractivity contribution in [1.29, 1.82) is 0 Å². The molecule has 2 amide bonds. The van der Waals surface area contributed by atoms with Gasteiger partial charge >= 0.3 is 6.03 Å². The average Bonchev–Trinajstić information content (AvgIpc) is 1.63. The molecular weight excluding hydrogens is 252 g/mol. The molecule has 0 bridgehead atoms. The summed E-state index contributed by atoms with van der Waals surface area (Å²) in [7, 11) is 0. The summed E-state index contributed by atoms with van der Waals surface area (Å²) in [6.45, 7) is 0.594. The summed E-state index contributed by atoms with van der Waals surface area (Å²) < 4.78 is 0.247. The Kier molecular flexibility index (Phi) is 5.18. The molecule has 0 aliphatic heterocycles. The van der Waals surface area contributed by atoms with E-state index < -0.39 is 6.03 Å². The highest BCUT2D eigenvalue weighted by Gasteiger charge is 1.96. The minimum atomic E-state index is -0.476. The Morgan fingerprint density at radius 2 is 2.22 bits per heavy atom.